The molecule has 0 unspecified atom stereocenters. The van der Waals surface area contributed by atoms with Gasteiger partial charge < -0.3 is 0 Å². The third-order valence-corrected chi connectivity index (χ3v) is 3.20. The van der Waals surface area contributed by atoms with Crippen LogP contribution in [-0.4, -0.2) is 9.78 Å². The van der Waals surface area contributed by atoms with Crippen LogP contribution in [0.2, 0.25) is 5.15 Å². The second-order valence-corrected chi connectivity index (χ2v) is 4.48. The molecule has 0 aromatic carbocycles. The molecule has 1 saturated carbocycles. The van der Waals surface area contributed by atoms with Crippen molar-refractivity contribution in [1.82, 2.24) is 9.78 Å². The van der Waals surface area contributed by atoms with Crippen LogP contribution in [0.1, 0.15) is 50.8 Å². The Balaban J connectivity index is 2.15. The first-order valence-corrected chi connectivity index (χ1v) is 5.93. The van der Waals surface area contributed by atoms with Gasteiger partial charge in [0.2, 0.25) is 0 Å². The van der Waals surface area contributed by atoms with Crippen molar-refractivity contribution in [3.63, 3.8) is 0 Å². The standard InChI is InChI=1S/C11H17ClN2/c1-2-5-9-8-11(12)14(13-9)10-6-3-4-7-10/h8,10H,2-7H2,1H3. The van der Waals surface area contributed by atoms with Crippen LogP contribution in [-0.2, 0) is 6.42 Å². The molecule has 1 aliphatic rings. The summed E-state index contributed by atoms with van der Waals surface area (Å²) in [5.74, 6) is 0. The molecule has 0 atom stereocenters. The molecule has 1 fully saturated rings. The highest BCUT2D eigenvalue weighted by Crippen LogP contribution is 2.31. The van der Waals surface area contributed by atoms with Crippen molar-refractivity contribution in [2.24, 2.45) is 0 Å². The number of hydrogen-bond acceptors (Lipinski definition) is 1. The fourth-order valence-corrected chi connectivity index (χ4v) is 2.50. The molecule has 1 aromatic heterocycles. The van der Waals surface area contributed by atoms with E-state index in [0.717, 1.165) is 23.7 Å². The summed E-state index contributed by atoms with van der Waals surface area (Å²) in [6.45, 7) is 2.17. The third kappa shape index (κ3) is 1.95. The molecule has 1 aromatic rings. The normalized spacial score (nSPS) is 17.9. The predicted molar refractivity (Wildman–Crippen MR) is 58.7 cm³/mol. The summed E-state index contributed by atoms with van der Waals surface area (Å²) in [6.07, 6.45) is 7.31. The number of aromatic nitrogens is 2. The van der Waals surface area contributed by atoms with Crippen molar-refractivity contribution < 1.29 is 0 Å². The minimum atomic E-state index is 0.563. The maximum atomic E-state index is 6.16. The Bertz CT molecular complexity index is 300. The summed E-state index contributed by atoms with van der Waals surface area (Å²) in [5.41, 5.74) is 1.14. The topological polar surface area (TPSA) is 17.8 Å². The summed E-state index contributed by atoms with van der Waals surface area (Å²) in [6, 6.07) is 2.58. The first-order valence-electron chi connectivity index (χ1n) is 5.55. The summed E-state index contributed by atoms with van der Waals surface area (Å²) in [7, 11) is 0. The molecule has 14 heavy (non-hydrogen) atoms. The van der Waals surface area contributed by atoms with Gasteiger partial charge in [0.25, 0.3) is 0 Å². The number of hydrogen-bond donors (Lipinski definition) is 0. The van der Waals surface area contributed by atoms with Crippen molar-refractivity contribution in [3.05, 3.63) is 16.9 Å². The molecule has 0 N–H and O–H groups in total. The highest BCUT2D eigenvalue weighted by Gasteiger charge is 2.20. The first-order chi connectivity index (χ1) is 6.81. The Morgan fingerprint density at radius 3 is 2.86 bits per heavy atom. The molecule has 3 heteroatoms. The van der Waals surface area contributed by atoms with E-state index in [1.165, 1.54) is 25.7 Å². The van der Waals surface area contributed by atoms with E-state index in [4.69, 9.17) is 11.6 Å². The molecule has 0 aliphatic heterocycles. The quantitative estimate of drug-likeness (QED) is 0.749. The van der Waals surface area contributed by atoms with E-state index in [2.05, 4.69) is 12.0 Å². The molecule has 0 radical (unpaired) electrons. The lowest BCUT2D eigenvalue weighted by molar-refractivity contribution is 0.463. The molecule has 1 aliphatic carbocycles. The smallest absolute Gasteiger partial charge is 0.127 e. The minimum absolute atomic E-state index is 0.563. The molecule has 0 spiro atoms. The van der Waals surface area contributed by atoms with Gasteiger partial charge in [-0.2, -0.15) is 5.10 Å². The summed E-state index contributed by atoms with van der Waals surface area (Å²) in [5, 5.41) is 5.39. The average molecular weight is 213 g/mol. The van der Waals surface area contributed by atoms with Crippen molar-refractivity contribution in [2.75, 3.05) is 0 Å². The summed E-state index contributed by atoms with van der Waals surface area (Å²) < 4.78 is 2.03. The van der Waals surface area contributed by atoms with Gasteiger partial charge in [-0.15, -0.1) is 0 Å². The van der Waals surface area contributed by atoms with Gasteiger partial charge in [-0.1, -0.05) is 37.8 Å². The Kier molecular flexibility index (Phi) is 3.12. The molecule has 2 nitrogen and oxygen atoms in total. The maximum Gasteiger partial charge on any atom is 0.127 e. The molecular weight excluding hydrogens is 196 g/mol. The summed E-state index contributed by atoms with van der Waals surface area (Å²) in [4.78, 5) is 0. The van der Waals surface area contributed by atoms with Gasteiger partial charge in [-0.3, -0.25) is 4.68 Å². The van der Waals surface area contributed by atoms with Gasteiger partial charge >= 0.3 is 0 Å². The van der Waals surface area contributed by atoms with E-state index in [1.54, 1.807) is 0 Å². The van der Waals surface area contributed by atoms with Crippen LogP contribution >= 0.6 is 11.6 Å². The van der Waals surface area contributed by atoms with E-state index in [0.29, 0.717) is 6.04 Å². The molecule has 0 bridgehead atoms. The molecule has 2 rings (SSSR count). The SMILES string of the molecule is CCCc1cc(Cl)n(C2CCCC2)n1. The first kappa shape index (κ1) is 10.0. The lowest BCUT2D eigenvalue weighted by Crippen LogP contribution is -2.06. The van der Waals surface area contributed by atoms with Gasteiger partial charge in [0.05, 0.1) is 11.7 Å². The van der Waals surface area contributed by atoms with Gasteiger partial charge in [0.1, 0.15) is 5.15 Å². The molecule has 1 heterocycles. The zero-order valence-corrected chi connectivity index (χ0v) is 9.43. The van der Waals surface area contributed by atoms with Crippen molar-refractivity contribution >= 4 is 11.6 Å². The Labute approximate surface area is 90.3 Å². The third-order valence-electron chi connectivity index (χ3n) is 2.92. The average Bonchev–Trinajstić information content (AvgIpc) is 2.74. The maximum absolute atomic E-state index is 6.16. The number of nitrogens with zero attached hydrogens (tertiary/aromatic N) is 2. The molecule has 78 valence electrons. The fraction of sp³-hybridized carbons (Fsp3) is 0.727. The summed E-state index contributed by atoms with van der Waals surface area (Å²) >= 11 is 6.16. The number of aryl methyl sites for hydroxylation is 1. The number of rotatable bonds is 3. The van der Waals surface area contributed by atoms with Crippen molar-refractivity contribution in [2.45, 2.75) is 51.5 Å². The van der Waals surface area contributed by atoms with Gasteiger partial charge in [0, 0.05) is 0 Å². The predicted octanol–water partition coefficient (Wildman–Crippen LogP) is 3.60. The second kappa shape index (κ2) is 4.35. The van der Waals surface area contributed by atoms with Crippen LogP contribution in [0.5, 0.6) is 0 Å². The number of halogens is 1. The van der Waals surface area contributed by atoms with Gasteiger partial charge in [-0.05, 0) is 25.3 Å². The van der Waals surface area contributed by atoms with Crippen LogP contribution in [0.15, 0.2) is 6.07 Å². The van der Waals surface area contributed by atoms with E-state index in [1.807, 2.05) is 10.7 Å². The largest absolute Gasteiger partial charge is 0.251 e. The highest BCUT2D eigenvalue weighted by molar-refractivity contribution is 6.29. The monoisotopic (exact) mass is 212 g/mol. The minimum Gasteiger partial charge on any atom is -0.251 e. The van der Waals surface area contributed by atoms with Crippen molar-refractivity contribution in [1.29, 1.82) is 0 Å². The van der Waals surface area contributed by atoms with Crippen LogP contribution in [0.25, 0.3) is 0 Å². The van der Waals surface area contributed by atoms with E-state index >= 15 is 0 Å². The highest BCUT2D eigenvalue weighted by atomic mass is 35.5. The Morgan fingerprint density at radius 1 is 1.50 bits per heavy atom. The molecule has 0 saturated heterocycles. The zero-order chi connectivity index (χ0) is 9.97. The van der Waals surface area contributed by atoms with E-state index < -0.39 is 0 Å². The zero-order valence-electron chi connectivity index (χ0n) is 8.67. The van der Waals surface area contributed by atoms with Crippen LogP contribution in [0, 0.1) is 0 Å². The van der Waals surface area contributed by atoms with Gasteiger partial charge in [-0.25, -0.2) is 0 Å². The Hall–Kier alpha value is -0.500. The Morgan fingerprint density at radius 2 is 2.21 bits per heavy atom. The van der Waals surface area contributed by atoms with E-state index in [9.17, 15) is 0 Å². The lowest BCUT2D eigenvalue weighted by atomic mass is 10.2. The molecule has 0 amide bonds. The van der Waals surface area contributed by atoms with Crippen LogP contribution < -0.4 is 0 Å². The van der Waals surface area contributed by atoms with Crippen LogP contribution in [0.3, 0.4) is 0 Å². The van der Waals surface area contributed by atoms with Gasteiger partial charge in [0.15, 0.2) is 0 Å². The molecular formula is C11H17ClN2. The van der Waals surface area contributed by atoms with E-state index in [-0.39, 0.29) is 0 Å². The fourth-order valence-electron chi connectivity index (χ4n) is 2.20. The second-order valence-electron chi connectivity index (χ2n) is 4.09. The van der Waals surface area contributed by atoms with Crippen LogP contribution in [0.4, 0.5) is 0 Å². The lowest BCUT2D eigenvalue weighted by Gasteiger charge is -2.10. The van der Waals surface area contributed by atoms with Crippen molar-refractivity contribution in [3.8, 4) is 0 Å².